The molecule has 1 heterocycles. The zero-order valence-electron chi connectivity index (χ0n) is 18.1. The van der Waals surface area contributed by atoms with Gasteiger partial charge in [0.2, 0.25) is 5.91 Å². The van der Waals surface area contributed by atoms with Crippen molar-refractivity contribution in [1.82, 2.24) is 14.8 Å². The number of halogens is 5. The van der Waals surface area contributed by atoms with Crippen LogP contribution in [-0.4, -0.2) is 26.4 Å². The highest BCUT2D eigenvalue weighted by Crippen LogP contribution is 2.37. The molecule has 3 aromatic carbocycles. The van der Waals surface area contributed by atoms with E-state index in [1.807, 2.05) is 37.3 Å². The average molecular weight is 537 g/mol. The molecule has 5 nitrogen and oxygen atoms in total. The van der Waals surface area contributed by atoms with Gasteiger partial charge >= 0.3 is 6.18 Å². The van der Waals surface area contributed by atoms with Gasteiger partial charge in [-0.2, -0.15) is 13.2 Å². The summed E-state index contributed by atoms with van der Waals surface area (Å²) in [4.78, 5) is 12.6. The maximum atomic E-state index is 13.3. The van der Waals surface area contributed by atoms with Crippen molar-refractivity contribution >= 4 is 46.6 Å². The number of anilines is 1. The van der Waals surface area contributed by atoms with Crippen LogP contribution in [0, 0.1) is 6.92 Å². The van der Waals surface area contributed by atoms with E-state index in [1.54, 1.807) is 22.8 Å². The van der Waals surface area contributed by atoms with E-state index in [2.05, 4.69) is 15.5 Å². The predicted octanol–water partition coefficient (Wildman–Crippen LogP) is 7.30. The van der Waals surface area contributed by atoms with Crippen LogP contribution in [0.5, 0.6) is 0 Å². The number of aromatic nitrogens is 3. The van der Waals surface area contributed by atoms with Crippen LogP contribution in [0.15, 0.2) is 71.9 Å². The summed E-state index contributed by atoms with van der Waals surface area (Å²) < 4.78 is 41.8. The van der Waals surface area contributed by atoms with Gasteiger partial charge in [0.15, 0.2) is 11.0 Å². The van der Waals surface area contributed by atoms with Gasteiger partial charge in [-0.05, 0) is 49.4 Å². The van der Waals surface area contributed by atoms with Crippen LogP contribution in [0.3, 0.4) is 0 Å². The molecule has 0 bridgehead atoms. The maximum absolute atomic E-state index is 13.3. The molecule has 11 heteroatoms. The van der Waals surface area contributed by atoms with Crippen molar-refractivity contribution in [3.8, 4) is 17.1 Å². The Hall–Kier alpha value is -3.01. The lowest BCUT2D eigenvalue weighted by Crippen LogP contribution is -2.18. The van der Waals surface area contributed by atoms with Crippen molar-refractivity contribution in [2.24, 2.45) is 0 Å². The van der Waals surface area contributed by atoms with Crippen LogP contribution >= 0.6 is 35.0 Å². The number of hydrogen-bond acceptors (Lipinski definition) is 4. The van der Waals surface area contributed by atoms with Crippen molar-refractivity contribution in [3.63, 3.8) is 0 Å². The molecular weight excluding hydrogens is 520 g/mol. The van der Waals surface area contributed by atoms with E-state index < -0.39 is 17.6 Å². The topological polar surface area (TPSA) is 59.8 Å². The van der Waals surface area contributed by atoms with E-state index >= 15 is 0 Å². The zero-order chi connectivity index (χ0) is 25.2. The third kappa shape index (κ3) is 5.80. The molecule has 4 rings (SSSR count). The summed E-state index contributed by atoms with van der Waals surface area (Å²) in [6, 6.07) is 17.9. The number of amides is 1. The standard InChI is InChI=1S/C24H17Cl2F3N4OS/c1-14-6-9-16(10-7-14)33-22(17-4-2-3-5-19(17)26)31-32-23(33)35-13-21(34)30-20-11-8-15(25)12-18(20)24(27,28)29/h2-12H,13H2,1H3,(H,30,34). The van der Waals surface area contributed by atoms with Gasteiger partial charge < -0.3 is 5.32 Å². The largest absolute Gasteiger partial charge is 0.418 e. The molecule has 0 spiro atoms. The van der Waals surface area contributed by atoms with Crippen molar-refractivity contribution in [2.75, 3.05) is 11.1 Å². The number of carbonyl (C=O) groups excluding carboxylic acids is 1. The molecule has 35 heavy (non-hydrogen) atoms. The van der Waals surface area contributed by atoms with E-state index in [4.69, 9.17) is 23.2 Å². The lowest BCUT2D eigenvalue weighted by molar-refractivity contribution is -0.137. The fourth-order valence-corrected chi connectivity index (χ4v) is 4.43. The first-order valence-electron chi connectivity index (χ1n) is 10.2. The molecule has 0 saturated carbocycles. The Morgan fingerprint density at radius 3 is 2.43 bits per heavy atom. The van der Waals surface area contributed by atoms with Crippen LogP contribution in [0.25, 0.3) is 17.1 Å². The van der Waals surface area contributed by atoms with Crippen molar-refractivity contribution < 1.29 is 18.0 Å². The molecule has 0 fully saturated rings. The van der Waals surface area contributed by atoms with E-state index in [0.29, 0.717) is 21.6 Å². The van der Waals surface area contributed by atoms with Gasteiger partial charge in [0.1, 0.15) is 0 Å². The Bertz CT molecular complexity index is 1370. The van der Waals surface area contributed by atoms with E-state index in [0.717, 1.165) is 35.1 Å². The molecule has 4 aromatic rings. The van der Waals surface area contributed by atoms with Crippen LogP contribution in [0.4, 0.5) is 18.9 Å². The van der Waals surface area contributed by atoms with Crippen LogP contribution in [0.2, 0.25) is 10.0 Å². The van der Waals surface area contributed by atoms with Gasteiger partial charge in [-0.3, -0.25) is 9.36 Å². The Balaban J connectivity index is 1.61. The summed E-state index contributed by atoms with van der Waals surface area (Å²) in [5, 5.41) is 11.6. The summed E-state index contributed by atoms with van der Waals surface area (Å²) in [6.45, 7) is 1.96. The minimum Gasteiger partial charge on any atom is -0.325 e. The number of nitrogens with one attached hydrogen (secondary N) is 1. The molecule has 0 atom stereocenters. The minimum atomic E-state index is -4.67. The highest BCUT2D eigenvalue weighted by atomic mass is 35.5. The summed E-state index contributed by atoms with van der Waals surface area (Å²) in [5.41, 5.74) is 1.06. The van der Waals surface area contributed by atoms with Gasteiger partial charge in [0.05, 0.1) is 22.0 Å². The van der Waals surface area contributed by atoms with Gasteiger partial charge in [0, 0.05) is 16.3 Å². The highest BCUT2D eigenvalue weighted by molar-refractivity contribution is 7.99. The molecule has 180 valence electrons. The third-order valence-corrected chi connectivity index (χ3v) is 6.43. The number of hydrogen-bond donors (Lipinski definition) is 1. The molecule has 0 aliphatic rings. The average Bonchev–Trinajstić information content (AvgIpc) is 3.23. The monoisotopic (exact) mass is 536 g/mol. The number of alkyl halides is 3. The molecule has 0 unspecified atom stereocenters. The second kappa shape index (κ2) is 10.3. The molecule has 0 radical (unpaired) electrons. The highest BCUT2D eigenvalue weighted by Gasteiger charge is 2.34. The predicted molar refractivity (Wildman–Crippen MR) is 132 cm³/mol. The number of rotatable bonds is 6. The fraction of sp³-hybridized carbons (Fsp3) is 0.125. The van der Waals surface area contributed by atoms with Gasteiger partial charge in [-0.1, -0.05) is 64.8 Å². The Morgan fingerprint density at radius 1 is 1.03 bits per heavy atom. The number of aryl methyl sites for hydroxylation is 1. The Labute approximate surface area is 213 Å². The van der Waals surface area contributed by atoms with Gasteiger partial charge in [-0.25, -0.2) is 0 Å². The number of carbonyl (C=O) groups is 1. The molecular formula is C24H17Cl2F3N4OS. The summed E-state index contributed by atoms with van der Waals surface area (Å²) in [6.07, 6.45) is -4.67. The molecule has 0 aliphatic carbocycles. The SMILES string of the molecule is Cc1ccc(-n2c(SCC(=O)Nc3ccc(Cl)cc3C(F)(F)F)nnc2-c2ccccc2Cl)cc1. The summed E-state index contributed by atoms with van der Waals surface area (Å²) >= 11 is 13.1. The van der Waals surface area contributed by atoms with Crippen molar-refractivity contribution in [3.05, 3.63) is 87.9 Å². The maximum Gasteiger partial charge on any atom is 0.418 e. The van der Waals surface area contributed by atoms with Crippen molar-refractivity contribution in [2.45, 2.75) is 18.3 Å². The molecule has 1 N–H and O–H groups in total. The lowest BCUT2D eigenvalue weighted by atomic mass is 10.1. The second-order valence-electron chi connectivity index (χ2n) is 7.48. The third-order valence-electron chi connectivity index (χ3n) is 4.93. The number of nitrogens with zero attached hydrogens (tertiary/aromatic N) is 3. The van der Waals surface area contributed by atoms with Crippen LogP contribution in [-0.2, 0) is 11.0 Å². The first kappa shape index (κ1) is 25.1. The summed E-state index contributed by atoms with van der Waals surface area (Å²) in [5.74, 6) is -0.369. The van der Waals surface area contributed by atoms with Crippen LogP contribution < -0.4 is 5.32 Å². The second-order valence-corrected chi connectivity index (χ2v) is 9.27. The minimum absolute atomic E-state index is 0.0806. The Kier molecular flexibility index (Phi) is 7.39. The Morgan fingerprint density at radius 2 is 1.74 bits per heavy atom. The lowest BCUT2D eigenvalue weighted by Gasteiger charge is -2.14. The summed E-state index contributed by atoms with van der Waals surface area (Å²) in [7, 11) is 0. The quantitative estimate of drug-likeness (QED) is 0.262. The normalized spacial score (nSPS) is 11.5. The number of benzene rings is 3. The van der Waals surface area contributed by atoms with E-state index in [9.17, 15) is 18.0 Å². The first-order valence-corrected chi connectivity index (χ1v) is 11.9. The van der Waals surface area contributed by atoms with E-state index in [-0.39, 0.29) is 16.5 Å². The van der Waals surface area contributed by atoms with E-state index in [1.165, 1.54) is 6.07 Å². The van der Waals surface area contributed by atoms with Gasteiger partial charge in [0.25, 0.3) is 0 Å². The van der Waals surface area contributed by atoms with Crippen molar-refractivity contribution in [1.29, 1.82) is 0 Å². The molecule has 1 aromatic heterocycles. The number of thioether (sulfide) groups is 1. The van der Waals surface area contributed by atoms with Crippen LogP contribution in [0.1, 0.15) is 11.1 Å². The molecule has 1 amide bonds. The van der Waals surface area contributed by atoms with Gasteiger partial charge in [-0.15, -0.1) is 10.2 Å². The molecule has 0 aliphatic heterocycles. The molecule has 0 saturated heterocycles. The zero-order valence-corrected chi connectivity index (χ0v) is 20.4. The fourth-order valence-electron chi connectivity index (χ4n) is 3.28. The smallest absolute Gasteiger partial charge is 0.325 e. The first-order chi connectivity index (χ1) is 16.6.